The quantitative estimate of drug-likeness (QED) is 0.335. The highest BCUT2D eigenvalue weighted by Crippen LogP contribution is 2.42. The van der Waals surface area contributed by atoms with Crippen LogP contribution in [-0.4, -0.2) is 39.1 Å². The molecule has 4 atom stereocenters. The Morgan fingerprint density at radius 1 is 1.45 bits per heavy atom. The summed E-state index contributed by atoms with van der Waals surface area (Å²) in [6.45, 7) is 6.49. The van der Waals surface area contributed by atoms with Crippen LogP contribution in [-0.2, 0) is 19.1 Å². The molecule has 2 aliphatic heterocycles. The molecule has 5 heteroatoms. The van der Waals surface area contributed by atoms with Crippen LogP contribution in [0.2, 0.25) is 19.6 Å². The van der Waals surface area contributed by atoms with Gasteiger partial charge >= 0.3 is 5.97 Å². The van der Waals surface area contributed by atoms with Crippen LogP contribution in [0.1, 0.15) is 6.42 Å². The fourth-order valence-corrected chi connectivity index (χ4v) is 3.14. The summed E-state index contributed by atoms with van der Waals surface area (Å²) in [6, 6.07) is 0. The van der Waals surface area contributed by atoms with E-state index in [4.69, 9.17) is 4.74 Å². The molecule has 20 heavy (non-hydrogen) atoms. The van der Waals surface area contributed by atoms with Crippen molar-refractivity contribution in [3.8, 4) is 11.5 Å². The van der Waals surface area contributed by atoms with Gasteiger partial charge in [-0.15, -0.1) is 11.5 Å². The van der Waals surface area contributed by atoms with Gasteiger partial charge in [0.1, 0.15) is 14.2 Å². The van der Waals surface area contributed by atoms with E-state index in [9.17, 15) is 9.59 Å². The molecule has 0 radical (unpaired) electrons. The summed E-state index contributed by atoms with van der Waals surface area (Å²) in [4.78, 5) is 23.0. The molecule has 0 spiro atoms. The molecule has 0 unspecified atom stereocenters. The minimum Gasteiger partial charge on any atom is -0.466 e. The van der Waals surface area contributed by atoms with Crippen LogP contribution in [0, 0.1) is 23.3 Å². The number of carbonyl (C=O) groups is 2. The third-order valence-electron chi connectivity index (χ3n) is 3.48. The maximum Gasteiger partial charge on any atom is 0.330 e. The van der Waals surface area contributed by atoms with E-state index in [0.29, 0.717) is 6.42 Å². The van der Waals surface area contributed by atoms with Gasteiger partial charge in [0.05, 0.1) is 19.1 Å². The Morgan fingerprint density at radius 3 is 2.75 bits per heavy atom. The smallest absolute Gasteiger partial charge is 0.330 e. The van der Waals surface area contributed by atoms with Crippen molar-refractivity contribution in [2.24, 2.45) is 11.8 Å². The summed E-state index contributed by atoms with van der Waals surface area (Å²) in [7, 11) is -0.156. The van der Waals surface area contributed by atoms with Crippen molar-refractivity contribution >= 4 is 19.8 Å². The van der Waals surface area contributed by atoms with E-state index in [1.54, 1.807) is 6.08 Å². The topological polar surface area (TPSA) is 52.6 Å². The van der Waals surface area contributed by atoms with E-state index < -0.39 is 20.1 Å². The average Bonchev–Trinajstić information content (AvgIpc) is 2.88. The highest BCUT2D eigenvalue weighted by molar-refractivity contribution is 6.83. The van der Waals surface area contributed by atoms with Crippen LogP contribution in [0.15, 0.2) is 12.2 Å². The first-order chi connectivity index (χ1) is 9.31. The Bertz CT molecular complexity index is 506. The second kappa shape index (κ2) is 5.55. The molecular weight excluding hydrogens is 272 g/mol. The van der Waals surface area contributed by atoms with E-state index in [-0.39, 0.29) is 23.7 Å². The van der Waals surface area contributed by atoms with E-state index in [1.165, 1.54) is 13.2 Å². The molecule has 2 bridgehead atoms. The summed E-state index contributed by atoms with van der Waals surface area (Å²) in [6.07, 6.45) is 3.05. The number of hydrogen-bond donors (Lipinski definition) is 0. The zero-order valence-electron chi connectivity index (χ0n) is 12.3. The van der Waals surface area contributed by atoms with Gasteiger partial charge < -0.3 is 9.47 Å². The SMILES string of the molecule is COC(=O)/C=C/[C@H]1[C@@H](C#C[Si](C)(C)C)[C@H]2O[C@@H]1CC2=O. The monoisotopic (exact) mass is 292 g/mol. The van der Waals surface area contributed by atoms with E-state index in [1.807, 2.05) is 0 Å². The van der Waals surface area contributed by atoms with Crippen molar-refractivity contribution in [1.82, 2.24) is 0 Å². The van der Waals surface area contributed by atoms with E-state index >= 15 is 0 Å². The average molecular weight is 292 g/mol. The molecule has 108 valence electrons. The number of hydrogen-bond acceptors (Lipinski definition) is 4. The number of Topliss-reactive ketones (excluding diaryl/α,β-unsaturated/α-hetero) is 1. The third-order valence-corrected chi connectivity index (χ3v) is 4.38. The Morgan fingerprint density at radius 2 is 2.15 bits per heavy atom. The van der Waals surface area contributed by atoms with Crippen molar-refractivity contribution < 1.29 is 19.1 Å². The van der Waals surface area contributed by atoms with Crippen LogP contribution in [0.4, 0.5) is 0 Å². The van der Waals surface area contributed by atoms with E-state index in [0.717, 1.165) is 0 Å². The maximum atomic E-state index is 11.8. The first-order valence-electron chi connectivity index (χ1n) is 6.79. The number of rotatable bonds is 2. The maximum absolute atomic E-state index is 11.8. The fraction of sp³-hybridized carbons (Fsp3) is 0.600. The standard InChI is InChI=1S/C15H20O4Si/c1-18-14(17)6-5-10-11(7-8-20(2,3)4)15-12(16)9-13(10)19-15/h5-6,10-11,13,15H,9H2,1-4H3/b6-5+/t10-,11+,13+,15+/m0/s1. The van der Waals surface area contributed by atoms with Crippen LogP contribution >= 0.6 is 0 Å². The molecule has 0 N–H and O–H groups in total. The first kappa shape index (κ1) is 15.0. The zero-order valence-corrected chi connectivity index (χ0v) is 13.3. The van der Waals surface area contributed by atoms with Gasteiger partial charge in [-0.3, -0.25) is 4.79 Å². The molecule has 0 aromatic rings. The third kappa shape index (κ3) is 3.19. The second-order valence-electron chi connectivity index (χ2n) is 6.27. The van der Waals surface area contributed by atoms with Crippen molar-refractivity contribution in [2.75, 3.05) is 7.11 Å². The van der Waals surface area contributed by atoms with Crippen molar-refractivity contribution in [1.29, 1.82) is 0 Å². The van der Waals surface area contributed by atoms with Gasteiger partial charge in [0.25, 0.3) is 0 Å². The number of fused-ring (bicyclic) bond motifs is 2. The Kier molecular flexibility index (Phi) is 4.16. The summed E-state index contributed by atoms with van der Waals surface area (Å²) >= 11 is 0. The van der Waals surface area contributed by atoms with Crippen LogP contribution in [0.25, 0.3) is 0 Å². The summed E-state index contributed by atoms with van der Waals surface area (Å²) in [5.41, 5.74) is 3.31. The number of ketones is 1. The van der Waals surface area contributed by atoms with Gasteiger partial charge in [-0.05, 0) is 0 Å². The molecule has 0 amide bonds. The fourth-order valence-electron chi connectivity index (χ4n) is 2.54. The lowest BCUT2D eigenvalue weighted by Gasteiger charge is -2.20. The molecule has 4 nitrogen and oxygen atoms in total. The molecule has 2 heterocycles. The summed E-state index contributed by atoms with van der Waals surface area (Å²) < 4.78 is 10.3. The Labute approximate surface area is 120 Å². The van der Waals surface area contributed by atoms with Crippen molar-refractivity contribution in [2.45, 2.75) is 38.3 Å². The molecular formula is C15H20O4Si. The molecule has 0 saturated carbocycles. The lowest BCUT2D eigenvalue weighted by molar-refractivity contribution is -0.134. The molecule has 0 aromatic carbocycles. The number of ether oxygens (including phenoxy) is 2. The molecule has 2 aliphatic rings. The second-order valence-corrected chi connectivity index (χ2v) is 11.0. The Balaban J connectivity index is 2.20. The van der Waals surface area contributed by atoms with Gasteiger partial charge in [0.2, 0.25) is 0 Å². The molecule has 2 saturated heterocycles. The van der Waals surface area contributed by atoms with Gasteiger partial charge in [-0.2, -0.15) is 0 Å². The minimum absolute atomic E-state index is 0.000602. The van der Waals surface area contributed by atoms with Crippen molar-refractivity contribution in [3.05, 3.63) is 12.2 Å². The molecule has 0 aliphatic carbocycles. The number of esters is 1. The normalized spacial score (nSPS) is 32.3. The summed E-state index contributed by atoms with van der Waals surface area (Å²) in [5, 5.41) is 0. The predicted octanol–water partition coefficient (Wildman–Crippen LogP) is 1.57. The minimum atomic E-state index is -1.50. The highest BCUT2D eigenvalue weighted by atomic mass is 28.3. The predicted molar refractivity (Wildman–Crippen MR) is 77.5 cm³/mol. The lowest BCUT2D eigenvalue weighted by Crippen LogP contribution is -2.32. The van der Waals surface area contributed by atoms with Crippen molar-refractivity contribution in [3.63, 3.8) is 0 Å². The number of carbonyl (C=O) groups excluding carboxylic acids is 2. The lowest BCUT2D eigenvalue weighted by atomic mass is 9.79. The van der Waals surface area contributed by atoms with E-state index in [2.05, 4.69) is 35.8 Å². The Hall–Kier alpha value is -1.38. The molecule has 2 rings (SSSR count). The van der Waals surface area contributed by atoms with Crippen LogP contribution in [0.5, 0.6) is 0 Å². The summed E-state index contributed by atoms with van der Waals surface area (Å²) in [5.74, 6) is 2.85. The number of methoxy groups -OCH3 is 1. The first-order valence-corrected chi connectivity index (χ1v) is 10.3. The van der Waals surface area contributed by atoms with Gasteiger partial charge in [-0.25, -0.2) is 4.79 Å². The molecule has 0 aromatic heterocycles. The van der Waals surface area contributed by atoms with Gasteiger partial charge in [-0.1, -0.05) is 25.7 Å². The van der Waals surface area contributed by atoms with Gasteiger partial charge in [0, 0.05) is 18.4 Å². The van der Waals surface area contributed by atoms with Crippen LogP contribution < -0.4 is 0 Å². The zero-order chi connectivity index (χ0) is 14.9. The highest BCUT2D eigenvalue weighted by Gasteiger charge is 2.52. The van der Waals surface area contributed by atoms with Crippen LogP contribution in [0.3, 0.4) is 0 Å². The van der Waals surface area contributed by atoms with Gasteiger partial charge in [0.15, 0.2) is 5.78 Å². The largest absolute Gasteiger partial charge is 0.466 e. The molecule has 2 fully saturated rings.